The van der Waals surface area contributed by atoms with Crippen LogP contribution < -0.4 is 0 Å². The quantitative estimate of drug-likeness (QED) is 0.699. The average Bonchev–Trinajstić information content (AvgIpc) is 2.29. The number of halogens is 1. The smallest absolute Gasteiger partial charge is 0.123 e. The fraction of sp³-hybridized carbons (Fsp3) is 0.200. The van der Waals surface area contributed by atoms with Crippen LogP contribution in [0.15, 0.2) is 48.5 Å². The minimum Gasteiger partial charge on any atom is -0.207 e. The van der Waals surface area contributed by atoms with E-state index in [9.17, 15) is 4.39 Å². The molecule has 0 N–H and O–H groups in total. The molecule has 1 atom stereocenters. The molecule has 82 valence electrons. The largest absolute Gasteiger partial charge is 0.207 e. The van der Waals surface area contributed by atoms with Crippen LogP contribution >= 0.6 is 0 Å². The number of hydrogen-bond donors (Lipinski definition) is 0. The van der Waals surface area contributed by atoms with Crippen molar-refractivity contribution in [3.8, 4) is 0 Å². The van der Waals surface area contributed by atoms with E-state index in [4.69, 9.17) is 0 Å². The molecule has 0 saturated heterocycles. The molecule has 0 amide bonds. The molecule has 0 aliphatic carbocycles. The Bertz CT molecular complexity index is 488. The molecule has 16 heavy (non-hydrogen) atoms. The molecule has 0 aliphatic rings. The van der Waals surface area contributed by atoms with Crippen LogP contribution in [-0.4, -0.2) is 0 Å². The standard InChI is InChI=1S/C15H15F/c1-11-6-3-4-9-15(11)12(2)13-7-5-8-14(16)10-13/h3-10,12H,1-2H3. The van der Waals surface area contributed by atoms with Gasteiger partial charge in [0, 0.05) is 5.92 Å². The van der Waals surface area contributed by atoms with Gasteiger partial charge in [-0.3, -0.25) is 0 Å². The van der Waals surface area contributed by atoms with Gasteiger partial charge in [0.1, 0.15) is 5.82 Å². The Morgan fingerprint density at radius 3 is 2.44 bits per heavy atom. The zero-order valence-electron chi connectivity index (χ0n) is 9.57. The molecule has 2 rings (SSSR count). The Kier molecular flexibility index (Phi) is 3.04. The third-order valence-electron chi connectivity index (χ3n) is 3.00. The van der Waals surface area contributed by atoms with Crippen molar-refractivity contribution in [1.29, 1.82) is 0 Å². The van der Waals surface area contributed by atoms with Crippen molar-refractivity contribution in [3.63, 3.8) is 0 Å². The van der Waals surface area contributed by atoms with Crippen molar-refractivity contribution >= 4 is 0 Å². The van der Waals surface area contributed by atoms with Crippen LogP contribution in [0.3, 0.4) is 0 Å². The summed E-state index contributed by atoms with van der Waals surface area (Å²) in [5, 5.41) is 0. The highest BCUT2D eigenvalue weighted by Gasteiger charge is 2.10. The van der Waals surface area contributed by atoms with Gasteiger partial charge in [-0.05, 0) is 35.7 Å². The van der Waals surface area contributed by atoms with Gasteiger partial charge >= 0.3 is 0 Å². The van der Waals surface area contributed by atoms with Gasteiger partial charge in [0.15, 0.2) is 0 Å². The van der Waals surface area contributed by atoms with Crippen LogP contribution in [0.4, 0.5) is 4.39 Å². The number of benzene rings is 2. The van der Waals surface area contributed by atoms with Crippen molar-refractivity contribution in [2.45, 2.75) is 19.8 Å². The number of rotatable bonds is 2. The first-order valence-corrected chi connectivity index (χ1v) is 5.49. The molecule has 0 bridgehead atoms. The van der Waals surface area contributed by atoms with E-state index in [-0.39, 0.29) is 11.7 Å². The zero-order valence-corrected chi connectivity index (χ0v) is 9.57. The normalized spacial score (nSPS) is 12.4. The third-order valence-corrected chi connectivity index (χ3v) is 3.00. The Balaban J connectivity index is 2.39. The summed E-state index contributed by atoms with van der Waals surface area (Å²) in [6.07, 6.45) is 0. The highest BCUT2D eigenvalue weighted by molar-refractivity contribution is 5.36. The number of aryl methyl sites for hydroxylation is 1. The first kappa shape index (κ1) is 10.9. The number of hydrogen-bond acceptors (Lipinski definition) is 0. The lowest BCUT2D eigenvalue weighted by molar-refractivity contribution is 0.624. The Labute approximate surface area is 95.7 Å². The monoisotopic (exact) mass is 214 g/mol. The average molecular weight is 214 g/mol. The van der Waals surface area contributed by atoms with Gasteiger partial charge in [-0.1, -0.05) is 43.3 Å². The summed E-state index contributed by atoms with van der Waals surface area (Å²) in [7, 11) is 0. The Hall–Kier alpha value is -1.63. The maximum absolute atomic E-state index is 13.1. The fourth-order valence-electron chi connectivity index (χ4n) is 2.03. The third kappa shape index (κ3) is 2.13. The van der Waals surface area contributed by atoms with Crippen molar-refractivity contribution in [2.24, 2.45) is 0 Å². The summed E-state index contributed by atoms with van der Waals surface area (Å²) < 4.78 is 13.1. The van der Waals surface area contributed by atoms with Crippen LogP contribution in [0.5, 0.6) is 0 Å². The Morgan fingerprint density at radius 2 is 1.75 bits per heavy atom. The van der Waals surface area contributed by atoms with E-state index in [0.717, 1.165) is 5.56 Å². The molecule has 0 radical (unpaired) electrons. The summed E-state index contributed by atoms with van der Waals surface area (Å²) in [4.78, 5) is 0. The molecule has 0 saturated carbocycles. The second-order valence-electron chi connectivity index (χ2n) is 4.13. The van der Waals surface area contributed by atoms with Crippen molar-refractivity contribution in [2.75, 3.05) is 0 Å². The highest BCUT2D eigenvalue weighted by Crippen LogP contribution is 2.26. The van der Waals surface area contributed by atoms with Gasteiger partial charge in [0.2, 0.25) is 0 Å². The predicted molar refractivity (Wildman–Crippen MR) is 65.1 cm³/mol. The molecular weight excluding hydrogens is 199 g/mol. The minimum absolute atomic E-state index is 0.169. The molecular formula is C15H15F. The van der Waals surface area contributed by atoms with Gasteiger partial charge in [-0.2, -0.15) is 0 Å². The van der Waals surface area contributed by atoms with Crippen LogP contribution in [0.25, 0.3) is 0 Å². The van der Waals surface area contributed by atoms with Gasteiger partial charge in [-0.25, -0.2) is 4.39 Å². The van der Waals surface area contributed by atoms with E-state index >= 15 is 0 Å². The lowest BCUT2D eigenvalue weighted by Gasteiger charge is -2.15. The molecule has 0 aliphatic heterocycles. The van der Waals surface area contributed by atoms with Crippen molar-refractivity contribution in [1.82, 2.24) is 0 Å². The lowest BCUT2D eigenvalue weighted by atomic mass is 9.90. The molecule has 1 unspecified atom stereocenters. The maximum atomic E-state index is 13.1. The summed E-state index contributed by atoms with van der Waals surface area (Å²) in [6.45, 7) is 4.20. The Morgan fingerprint density at radius 1 is 1.00 bits per heavy atom. The highest BCUT2D eigenvalue weighted by atomic mass is 19.1. The second kappa shape index (κ2) is 4.48. The van der Waals surface area contributed by atoms with Gasteiger partial charge < -0.3 is 0 Å². The van der Waals surface area contributed by atoms with E-state index in [1.165, 1.54) is 17.2 Å². The van der Waals surface area contributed by atoms with Crippen molar-refractivity contribution in [3.05, 3.63) is 71.0 Å². The van der Waals surface area contributed by atoms with Gasteiger partial charge in [0.05, 0.1) is 0 Å². The SMILES string of the molecule is Cc1ccccc1C(C)c1cccc(F)c1. The summed E-state index contributed by atoms with van der Waals surface area (Å²) >= 11 is 0. The van der Waals surface area contributed by atoms with Gasteiger partial charge in [0.25, 0.3) is 0 Å². The van der Waals surface area contributed by atoms with Crippen LogP contribution in [0.2, 0.25) is 0 Å². The molecule has 0 fully saturated rings. The van der Waals surface area contributed by atoms with E-state index in [1.807, 2.05) is 18.2 Å². The van der Waals surface area contributed by atoms with Crippen molar-refractivity contribution < 1.29 is 4.39 Å². The summed E-state index contributed by atoms with van der Waals surface area (Å²) in [5.74, 6) is 0.0647. The molecule has 0 spiro atoms. The first-order valence-electron chi connectivity index (χ1n) is 5.49. The lowest BCUT2D eigenvalue weighted by Crippen LogP contribution is -1.98. The molecule has 0 nitrogen and oxygen atoms in total. The zero-order chi connectivity index (χ0) is 11.5. The summed E-state index contributed by atoms with van der Waals surface area (Å²) in [6, 6.07) is 15.1. The minimum atomic E-state index is -0.169. The van der Waals surface area contributed by atoms with E-state index < -0.39 is 0 Å². The predicted octanol–water partition coefficient (Wildman–Crippen LogP) is 4.29. The molecule has 1 heteroatoms. The maximum Gasteiger partial charge on any atom is 0.123 e. The van der Waals surface area contributed by atoms with E-state index in [1.54, 1.807) is 12.1 Å². The van der Waals surface area contributed by atoms with Gasteiger partial charge in [-0.15, -0.1) is 0 Å². The van der Waals surface area contributed by atoms with Crippen LogP contribution in [-0.2, 0) is 0 Å². The summed E-state index contributed by atoms with van der Waals surface area (Å²) in [5.41, 5.74) is 3.53. The van der Waals surface area contributed by atoms with Crippen LogP contribution in [0, 0.1) is 12.7 Å². The molecule has 0 aromatic heterocycles. The van der Waals surface area contributed by atoms with E-state index in [2.05, 4.69) is 26.0 Å². The molecule has 2 aromatic rings. The first-order chi connectivity index (χ1) is 7.68. The second-order valence-corrected chi connectivity index (χ2v) is 4.13. The molecule has 2 aromatic carbocycles. The van der Waals surface area contributed by atoms with Crippen LogP contribution in [0.1, 0.15) is 29.5 Å². The van der Waals surface area contributed by atoms with E-state index in [0.29, 0.717) is 0 Å². The molecule has 0 heterocycles. The topological polar surface area (TPSA) is 0 Å². The fourth-order valence-corrected chi connectivity index (χ4v) is 2.03.